The van der Waals surface area contributed by atoms with E-state index in [9.17, 15) is 13.6 Å². The van der Waals surface area contributed by atoms with Crippen LogP contribution in [0.25, 0.3) is 0 Å². The lowest BCUT2D eigenvalue weighted by Gasteiger charge is -2.17. The van der Waals surface area contributed by atoms with E-state index < -0.39 is 17.2 Å². The fourth-order valence-corrected chi connectivity index (χ4v) is 2.99. The number of hydrogen-bond acceptors (Lipinski definition) is 4. The molecule has 0 bridgehead atoms. The fourth-order valence-electron chi connectivity index (χ4n) is 2.79. The zero-order valence-electron chi connectivity index (χ0n) is 15.5. The van der Waals surface area contributed by atoms with Gasteiger partial charge in [0, 0.05) is 11.9 Å². The molecule has 2 aromatic carbocycles. The molecule has 0 aliphatic rings. The summed E-state index contributed by atoms with van der Waals surface area (Å²) in [7, 11) is 1.59. The van der Waals surface area contributed by atoms with Crippen LogP contribution in [-0.2, 0) is 6.54 Å². The van der Waals surface area contributed by atoms with Crippen LogP contribution in [0.2, 0.25) is 5.02 Å². The number of anilines is 2. The van der Waals surface area contributed by atoms with Crippen LogP contribution >= 0.6 is 11.6 Å². The van der Waals surface area contributed by atoms with Crippen LogP contribution < -0.4 is 15.6 Å². The van der Waals surface area contributed by atoms with Crippen molar-refractivity contribution in [2.45, 2.75) is 20.4 Å². The Morgan fingerprint density at radius 1 is 1.14 bits per heavy atom. The minimum atomic E-state index is -0.985. The van der Waals surface area contributed by atoms with Crippen LogP contribution in [-0.4, -0.2) is 16.7 Å². The summed E-state index contributed by atoms with van der Waals surface area (Å²) in [6, 6.07) is 7.91. The third kappa shape index (κ3) is 4.14. The van der Waals surface area contributed by atoms with Crippen molar-refractivity contribution in [1.82, 2.24) is 9.55 Å². The van der Waals surface area contributed by atoms with E-state index in [1.54, 1.807) is 7.11 Å². The number of methoxy groups -OCH3 is 1. The molecule has 5 nitrogen and oxygen atoms in total. The molecule has 0 saturated heterocycles. The number of aromatic nitrogens is 2. The molecule has 0 spiro atoms. The predicted molar refractivity (Wildman–Crippen MR) is 105 cm³/mol. The molecule has 1 N–H and O–H groups in total. The zero-order valence-corrected chi connectivity index (χ0v) is 16.3. The molecule has 0 radical (unpaired) electrons. The van der Waals surface area contributed by atoms with Crippen LogP contribution in [0, 0.1) is 25.5 Å². The maximum Gasteiger partial charge on any atom is 0.310 e. The van der Waals surface area contributed by atoms with Crippen LogP contribution in [0.5, 0.6) is 5.75 Å². The number of aryl methyl sites for hydroxylation is 2. The van der Waals surface area contributed by atoms with Gasteiger partial charge in [-0.25, -0.2) is 4.39 Å². The van der Waals surface area contributed by atoms with E-state index in [4.69, 9.17) is 16.3 Å². The third-order valence-electron chi connectivity index (χ3n) is 4.28. The van der Waals surface area contributed by atoms with Crippen molar-refractivity contribution in [3.8, 4) is 5.75 Å². The predicted octanol–water partition coefficient (Wildman–Crippen LogP) is 4.59. The molecular weight excluding hydrogens is 388 g/mol. The van der Waals surface area contributed by atoms with Crippen molar-refractivity contribution < 1.29 is 13.5 Å². The highest BCUT2D eigenvalue weighted by molar-refractivity contribution is 6.30. The molecule has 0 amide bonds. The van der Waals surface area contributed by atoms with Crippen LogP contribution in [0.15, 0.2) is 41.3 Å². The van der Waals surface area contributed by atoms with Gasteiger partial charge in [-0.05, 0) is 54.8 Å². The molecule has 3 aromatic rings. The summed E-state index contributed by atoms with van der Waals surface area (Å²) in [6.07, 6.45) is 1.06. The van der Waals surface area contributed by atoms with Crippen molar-refractivity contribution in [2.75, 3.05) is 12.4 Å². The second-order valence-electron chi connectivity index (χ2n) is 6.36. The molecule has 0 aliphatic carbocycles. The lowest BCUT2D eigenvalue weighted by Crippen LogP contribution is -2.20. The van der Waals surface area contributed by atoms with Crippen LogP contribution in [0.3, 0.4) is 0 Å². The second-order valence-corrected chi connectivity index (χ2v) is 6.76. The highest BCUT2D eigenvalue weighted by Gasteiger charge is 2.12. The van der Waals surface area contributed by atoms with Gasteiger partial charge in [0.05, 0.1) is 18.7 Å². The lowest BCUT2D eigenvalue weighted by molar-refractivity contribution is 0.411. The van der Waals surface area contributed by atoms with Gasteiger partial charge in [0.25, 0.3) is 0 Å². The molecular formula is C20H18ClF2N3O2. The summed E-state index contributed by atoms with van der Waals surface area (Å²) in [6.45, 7) is 3.89. The molecule has 1 aromatic heterocycles. The Hall–Kier alpha value is -2.93. The summed E-state index contributed by atoms with van der Waals surface area (Å²) in [4.78, 5) is 15.6. The molecule has 0 aliphatic heterocycles. The minimum absolute atomic E-state index is 0.0388. The van der Waals surface area contributed by atoms with Crippen molar-refractivity contribution in [3.05, 3.63) is 80.2 Å². The molecule has 28 heavy (non-hydrogen) atoms. The standard InChI is InChI=1S/C20H18ClF2N3O2/c1-11-7-18(28-3)12(2)6-17(11)24-20-25-19(27)16(23)10-26(20)9-13-4-5-15(22)14(21)8-13/h4-8,10H,9H2,1-3H3,(H,24,25,27). The maximum atomic E-state index is 13.9. The first-order chi connectivity index (χ1) is 13.3. The summed E-state index contributed by atoms with van der Waals surface area (Å²) >= 11 is 5.82. The molecule has 0 atom stereocenters. The number of ether oxygens (including phenoxy) is 1. The van der Waals surface area contributed by atoms with Crippen molar-refractivity contribution in [1.29, 1.82) is 0 Å². The summed E-state index contributed by atoms with van der Waals surface area (Å²) in [5, 5.41) is 3.03. The lowest BCUT2D eigenvalue weighted by atomic mass is 10.1. The molecule has 0 saturated carbocycles. The highest BCUT2D eigenvalue weighted by atomic mass is 35.5. The number of rotatable bonds is 5. The monoisotopic (exact) mass is 405 g/mol. The minimum Gasteiger partial charge on any atom is -0.496 e. The summed E-state index contributed by atoms with van der Waals surface area (Å²) in [5.74, 6) is -0.647. The van der Waals surface area contributed by atoms with Crippen molar-refractivity contribution >= 4 is 23.2 Å². The van der Waals surface area contributed by atoms with E-state index >= 15 is 0 Å². The van der Waals surface area contributed by atoms with Gasteiger partial charge in [-0.15, -0.1) is 0 Å². The number of nitrogens with zero attached hydrogens (tertiary/aromatic N) is 2. The first-order valence-electron chi connectivity index (χ1n) is 8.41. The molecule has 146 valence electrons. The smallest absolute Gasteiger partial charge is 0.310 e. The first kappa shape index (κ1) is 19.8. The van der Waals surface area contributed by atoms with E-state index in [-0.39, 0.29) is 17.5 Å². The average Bonchev–Trinajstić information content (AvgIpc) is 2.65. The van der Waals surface area contributed by atoms with Crippen molar-refractivity contribution in [2.24, 2.45) is 0 Å². The third-order valence-corrected chi connectivity index (χ3v) is 4.57. The molecule has 8 heteroatoms. The topological polar surface area (TPSA) is 56.1 Å². The van der Waals surface area contributed by atoms with Gasteiger partial charge in [0.2, 0.25) is 11.8 Å². The van der Waals surface area contributed by atoms with Gasteiger partial charge >= 0.3 is 5.56 Å². The number of nitrogens with one attached hydrogen (secondary N) is 1. The Balaban J connectivity index is 2.01. The Labute approximate surface area is 165 Å². The zero-order chi connectivity index (χ0) is 20.4. The quantitative estimate of drug-likeness (QED) is 0.674. The summed E-state index contributed by atoms with van der Waals surface area (Å²) in [5.41, 5.74) is 2.10. The van der Waals surface area contributed by atoms with Gasteiger partial charge < -0.3 is 14.6 Å². The van der Waals surface area contributed by atoms with E-state index in [1.165, 1.54) is 22.8 Å². The molecule has 0 fully saturated rings. The number of benzene rings is 2. The number of hydrogen-bond donors (Lipinski definition) is 1. The molecule has 3 rings (SSSR count). The summed E-state index contributed by atoms with van der Waals surface area (Å²) < 4.78 is 34.0. The van der Waals surface area contributed by atoms with E-state index in [2.05, 4.69) is 10.3 Å². The SMILES string of the molecule is COc1cc(C)c(Nc2nc(=O)c(F)cn2Cc2ccc(F)c(Cl)c2)cc1C. The maximum absolute atomic E-state index is 13.9. The highest BCUT2D eigenvalue weighted by Crippen LogP contribution is 2.28. The average molecular weight is 406 g/mol. The van der Waals surface area contributed by atoms with E-state index in [0.29, 0.717) is 11.3 Å². The number of halogens is 3. The van der Waals surface area contributed by atoms with Gasteiger partial charge in [-0.3, -0.25) is 4.79 Å². The van der Waals surface area contributed by atoms with Gasteiger partial charge in [-0.1, -0.05) is 17.7 Å². The molecule has 0 unspecified atom stereocenters. The van der Waals surface area contributed by atoms with Crippen LogP contribution in [0.1, 0.15) is 16.7 Å². The van der Waals surface area contributed by atoms with Gasteiger partial charge in [-0.2, -0.15) is 9.37 Å². The van der Waals surface area contributed by atoms with Crippen molar-refractivity contribution in [3.63, 3.8) is 0 Å². The van der Waals surface area contributed by atoms with E-state index in [0.717, 1.165) is 23.1 Å². The normalized spacial score (nSPS) is 10.8. The van der Waals surface area contributed by atoms with Gasteiger partial charge in [0.15, 0.2) is 0 Å². The van der Waals surface area contributed by atoms with Crippen LogP contribution in [0.4, 0.5) is 20.4 Å². The fraction of sp³-hybridized carbons (Fsp3) is 0.200. The Morgan fingerprint density at radius 2 is 1.89 bits per heavy atom. The first-order valence-corrected chi connectivity index (χ1v) is 8.79. The molecule has 1 heterocycles. The second kappa shape index (κ2) is 7.98. The Bertz CT molecular complexity index is 1100. The Morgan fingerprint density at radius 3 is 2.57 bits per heavy atom. The largest absolute Gasteiger partial charge is 0.496 e. The van der Waals surface area contributed by atoms with Gasteiger partial charge in [0.1, 0.15) is 11.6 Å². The Kier molecular flexibility index (Phi) is 5.65. The van der Waals surface area contributed by atoms with E-state index in [1.807, 2.05) is 26.0 Å².